The number of phenolic OH excluding ortho intramolecular Hbond substituents is 1. The van der Waals surface area contributed by atoms with Crippen molar-refractivity contribution < 1.29 is 29.3 Å². The topological polar surface area (TPSA) is 117 Å². The van der Waals surface area contributed by atoms with E-state index in [1.165, 1.54) is 16.0 Å². The van der Waals surface area contributed by atoms with E-state index in [4.69, 9.17) is 9.84 Å². The van der Waals surface area contributed by atoms with E-state index in [9.17, 15) is 19.5 Å². The van der Waals surface area contributed by atoms with Gasteiger partial charge in [0.25, 0.3) is 0 Å². The maximum Gasteiger partial charge on any atom is 0.303 e. The Bertz CT molecular complexity index is 1380. The third kappa shape index (κ3) is 6.33. The fourth-order valence-electron chi connectivity index (χ4n) is 6.90. The second-order valence-electron chi connectivity index (χ2n) is 12.0. The maximum absolute atomic E-state index is 13.6. The molecule has 42 heavy (non-hydrogen) atoms. The molecule has 2 amide bonds. The van der Waals surface area contributed by atoms with Crippen molar-refractivity contribution in [3.63, 3.8) is 0 Å². The SMILES string of the molecule is CC(C)C1=C2[C@@H](CC/C(=C/c3cccc(O)c3)c3ccccn3)OC[C@@H]2[C@@H]2C(=O)N(CCCCCC(=O)O)C(=O)[C@@H]2C1. The summed E-state index contributed by atoms with van der Waals surface area (Å²) in [7, 11) is 0. The third-order valence-electron chi connectivity index (χ3n) is 8.89. The molecule has 1 aliphatic carbocycles. The van der Waals surface area contributed by atoms with E-state index >= 15 is 0 Å². The number of aromatic nitrogens is 1. The molecule has 222 valence electrons. The fourth-order valence-corrected chi connectivity index (χ4v) is 6.90. The number of carbonyl (C=O) groups excluding carboxylic acids is 2. The van der Waals surface area contributed by atoms with E-state index < -0.39 is 11.9 Å². The minimum Gasteiger partial charge on any atom is -0.508 e. The Kier molecular flexibility index (Phi) is 9.21. The number of carboxylic acids is 1. The lowest BCUT2D eigenvalue weighted by atomic mass is 9.67. The lowest BCUT2D eigenvalue weighted by molar-refractivity contribution is -0.141. The number of rotatable bonds is 12. The zero-order chi connectivity index (χ0) is 29.8. The van der Waals surface area contributed by atoms with Crippen LogP contribution >= 0.6 is 0 Å². The number of phenols is 1. The Hall–Kier alpha value is -3.78. The number of pyridine rings is 1. The number of hydrogen-bond donors (Lipinski definition) is 2. The lowest BCUT2D eigenvalue weighted by Gasteiger charge is -2.33. The highest BCUT2D eigenvalue weighted by Crippen LogP contribution is 2.51. The van der Waals surface area contributed by atoms with Gasteiger partial charge in [-0.15, -0.1) is 0 Å². The monoisotopic (exact) mass is 572 g/mol. The van der Waals surface area contributed by atoms with Gasteiger partial charge in [-0.25, -0.2) is 0 Å². The van der Waals surface area contributed by atoms with Crippen LogP contribution in [0.25, 0.3) is 11.6 Å². The van der Waals surface area contributed by atoms with Crippen LogP contribution in [0.2, 0.25) is 0 Å². The van der Waals surface area contributed by atoms with Crippen molar-refractivity contribution in [1.82, 2.24) is 9.88 Å². The number of amides is 2. The Morgan fingerprint density at radius 2 is 1.90 bits per heavy atom. The number of unbranched alkanes of at least 4 members (excludes halogenated alkanes) is 2. The summed E-state index contributed by atoms with van der Waals surface area (Å²) in [5.41, 5.74) is 5.24. The molecule has 0 spiro atoms. The van der Waals surface area contributed by atoms with Crippen molar-refractivity contribution >= 4 is 29.4 Å². The molecule has 2 aromatic rings. The van der Waals surface area contributed by atoms with Gasteiger partial charge in [-0.05, 0) is 85.1 Å². The molecule has 0 saturated carbocycles. The molecule has 2 N–H and O–H groups in total. The first-order valence-corrected chi connectivity index (χ1v) is 15.1. The molecule has 0 bridgehead atoms. The van der Waals surface area contributed by atoms with Gasteiger partial charge in [0, 0.05) is 25.1 Å². The van der Waals surface area contributed by atoms with Gasteiger partial charge in [0.2, 0.25) is 11.8 Å². The van der Waals surface area contributed by atoms with Gasteiger partial charge in [-0.2, -0.15) is 0 Å². The van der Waals surface area contributed by atoms with Gasteiger partial charge in [-0.3, -0.25) is 24.3 Å². The number of aliphatic carboxylic acids is 1. The standard InChI is InChI=1S/C34H40N2O6/c1-21(2)25-19-26-32(34(41)36(33(26)40)16-7-3-4-12-30(38)39)27-20-42-29(31(25)27)14-13-23(28-11-5-6-15-35-28)17-22-9-8-10-24(37)18-22/h5-6,8-11,15,17-18,21,26-27,29,32,37H,3-4,7,12-14,16,19-20H2,1-2H3,(H,38,39)/b23-17-/t26-,27+,29-,32-/m1/s1. The molecule has 4 atom stereocenters. The number of allylic oxidation sites excluding steroid dienone is 2. The molecule has 1 aromatic carbocycles. The fraction of sp³-hybridized carbons (Fsp3) is 0.471. The molecule has 1 aromatic heterocycles. The number of aromatic hydroxyl groups is 1. The highest BCUT2D eigenvalue weighted by atomic mass is 16.5. The van der Waals surface area contributed by atoms with E-state index in [0.717, 1.165) is 23.3 Å². The summed E-state index contributed by atoms with van der Waals surface area (Å²) >= 11 is 0. The molecular formula is C34H40N2O6. The average Bonchev–Trinajstić information content (AvgIpc) is 3.49. The largest absolute Gasteiger partial charge is 0.508 e. The summed E-state index contributed by atoms with van der Waals surface area (Å²) in [5.74, 6) is -1.42. The van der Waals surface area contributed by atoms with Gasteiger partial charge in [0.1, 0.15) is 5.75 Å². The minimum atomic E-state index is -0.827. The summed E-state index contributed by atoms with van der Waals surface area (Å²) < 4.78 is 6.42. The van der Waals surface area contributed by atoms with Crippen LogP contribution in [0.4, 0.5) is 0 Å². The summed E-state index contributed by atoms with van der Waals surface area (Å²) in [5, 5.41) is 18.9. The highest BCUT2D eigenvalue weighted by Gasteiger charge is 2.56. The van der Waals surface area contributed by atoms with E-state index in [1.807, 2.05) is 30.3 Å². The normalized spacial score (nSPS) is 24.0. The smallest absolute Gasteiger partial charge is 0.303 e. The van der Waals surface area contributed by atoms with Crippen LogP contribution in [0.3, 0.4) is 0 Å². The van der Waals surface area contributed by atoms with Gasteiger partial charge < -0.3 is 14.9 Å². The summed E-state index contributed by atoms with van der Waals surface area (Å²) in [4.78, 5) is 43.9. The second kappa shape index (κ2) is 13.0. The van der Waals surface area contributed by atoms with Crippen LogP contribution in [0.5, 0.6) is 5.75 Å². The number of benzene rings is 1. The van der Waals surface area contributed by atoms with Crippen LogP contribution in [-0.4, -0.2) is 57.1 Å². The first-order valence-electron chi connectivity index (χ1n) is 15.1. The number of carboxylic acid groups (broad SMARTS) is 1. The van der Waals surface area contributed by atoms with Gasteiger partial charge in [0.15, 0.2) is 0 Å². The number of likely N-dealkylation sites (tertiary alicyclic amines) is 1. The number of imide groups is 1. The molecule has 3 heterocycles. The number of fused-ring (bicyclic) bond motifs is 3. The molecule has 2 saturated heterocycles. The van der Waals surface area contributed by atoms with Gasteiger partial charge in [0.05, 0.1) is 30.2 Å². The molecule has 0 radical (unpaired) electrons. The Morgan fingerprint density at radius 1 is 1.07 bits per heavy atom. The predicted octanol–water partition coefficient (Wildman–Crippen LogP) is 5.73. The molecule has 2 aliphatic heterocycles. The van der Waals surface area contributed by atoms with Gasteiger partial charge in [-0.1, -0.05) is 44.0 Å². The van der Waals surface area contributed by atoms with Crippen molar-refractivity contribution in [3.8, 4) is 5.75 Å². The summed E-state index contributed by atoms with van der Waals surface area (Å²) in [6.45, 7) is 5.08. The third-order valence-corrected chi connectivity index (χ3v) is 8.89. The zero-order valence-electron chi connectivity index (χ0n) is 24.4. The Morgan fingerprint density at radius 3 is 2.62 bits per heavy atom. The molecule has 8 heteroatoms. The maximum atomic E-state index is 13.6. The number of ether oxygens (including phenoxy) is 1. The predicted molar refractivity (Wildman–Crippen MR) is 159 cm³/mol. The lowest BCUT2D eigenvalue weighted by Crippen LogP contribution is -2.35. The van der Waals surface area contributed by atoms with Crippen LogP contribution < -0.4 is 0 Å². The molecule has 8 nitrogen and oxygen atoms in total. The molecule has 2 fully saturated rings. The second-order valence-corrected chi connectivity index (χ2v) is 12.0. The van der Waals surface area contributed by atoms with Crippen molar-refractivity contribution in [2.45, 2.75) is 64.9 Å². The molecule has 3 aliphatic rings. The quantitative estimate of drug-likeness (QED) is 0.190. The zero-order valence-corrected chi connectivity index (χ0v) is 24.4. The summed E-state index contributed by atoms with van der Waals surface area (Å²) in [6.07, 6.45) is 7.61. The van der Waals surface area contributed by atoms with Crippen LogP contribution in [0.15, 0.2) is 59.8 Å². The van der Waals surface area contributed by atoms with Crippen molar-refractivity contribution in [2.75, 3.05) is 13.2 Å². The molecule has 5 rings (SSSR count). The number of hydrogen-bond acceptors (Lipinski definition) is 6. The number of nitrogens with zero attached hydrogens (tertiary/aromatic N) is 2. The average molecular weight is 573 g/mol. The Balaban J connectivity index is 1.34. The van der Waals surface area contributed by atoms with Crippen LogP contribution in [-0.2, 0) is 19.1 Å². The van der Waals surface area contributed by atoms with E-state index in [-0.39, 0.29) is 47.8 Å². The van der Waals surface area contributed by atoms with Crippen molar-refractivity contribution in [1.29, 1.82) is 0 Å². The molecular weight excluding hydrogens is 532 g/mol. The highest BCUT2D eigenvalue weighted by molar-refractivity contribution is 6.06. The Labute approximate surface area is 247 Å². The minimum absolute atomic E-state index is 0.0876. The van der Waals surface area contributed by atoms with Crippen molar-refractivity contribution in [3.05, 3.63) is 71.1 Å². The van der Waals surface area contributed by atoms with Crippen LogP contribution in [0, 0.1) is 23.7 Å². The van der Waals surface area contributed by atoms with Gasteiger partial charge >= 0.3 is 5.97 Å². The van der Waals surface area contributed by atoms with E-state index in [1.54, 1.807) is 18.3 Å². The first kappa shape index (κ1) is 29.7. The summed E-state index contributed by atoms with van der Waals surface area (Å²) in [6, 6.07) is 13.0. The van der Waals surface area contributed by atoms with Crippen LogP contribution in [0.1, 0.15) is 70.1 Å². The molecule has 0 unspecified atom stereocenters. The number of carbonyl (C=O) groups is 3. The van der Waals surface area contributed by atoms with E-state index in [2.05, 4.69) is 24.9 Å². The first-order chi connectivity index (χ1) is 20.2. The van der Waals surface area contributed by atoms with E-state index in [0.29, 0.717) is 45.3 Å². The van der Waals surface area contributed by atoms with Crippen molar-refractivity contribution in [2.24, 2.45) is 23.7 Å².